The molecule has 0 radical (unpaired) electrons. The van der Waals surface area contributed by atoms with Gasteiger partial charge in [0.25, 0.3) is 5.56 Å². The lowest BCUT2D eigenvalue weighted by Gasteiger charge is -2.24. The van der Waals surface area contributed by atoms with Crippen LogP contribution in [0.5, 0.6) is 5.75 Å². The summed E-state index contributed by atoms with van der Waals surface area (Å²) in [6, 6.07) is 16.5. The van der Waals surface area contributed by atoms with Crippen molar-refractivity contribution in [1.29, 1.82) is 0 Å². The summed E-state index contributed by atoms with van der Waals surface area (Å²) < 4.78 is 57.8. The third kappa shape index (κ3) is 4.74. The van der Waals surface area contributed by atoms with Crippen LogP contribution in [-0.4, -0.2) is 35.1 Å². The highest BCUT2D eigenvalue weighted by molar-refractivity contribution is 7.92. The molecule has 190 valence electrons. The molecule has 4 N–H and O–H groups in total. The summed E-state index contributed by atoms with van der Waals surface area (Å²) in [5.74, 6) is -1.63. The first-order chi connectivity index (χ1) is 17.4. The minimum Gasteiger partial charge on any atom is -0.506 e. The summed E-state index contributed by atoms with van der Waals surface area (Å²) in [6.45, 7) is 0.0796. The third-order valence-electron chi connectivity index (χ3n) is 5.72. The summed E-state index contributed by atoms with van der Waals surface area (Å²) in [5, 5.41) is 13.6. The molecule has 13 heteroatoms. The van der Waals surface area contributed by atoms with Gasteiger partial charge >= 0.3 is 7.52 Å². The first-order valence-corrected chi connectivity index (χ1v) is 14.3. The van der Waals surface area contributed by atoms with Gasteiger partial charge in [0, 0.05) is 11.1 Å². The second-order valence-electron chi connectivity index (χ2n) is 8.49. The number of fused-ring (bicyclic) bond motifs is 2. The molecule has 0 saturated heterocycles. The number of nitrogens with zero attached hydrogens (tertiary/aromatic N) is 2. The first-order valence-electron chi connectivity index (χ1n) is 10.8. The average molecular weight is 542 g/mol. The molecule has 5 rings (SSSR count). The van der Waals surface area contributed by atoms with E-state index < -0.39 is 40.2 Å². The number of benzene rings is 3. The number of hydrogen-bond acceptors (Lipinski definition) is 6. The van der Waals surface area contributed by atoms with E-state index in [0.29, 0.717) is 0 Å². The van der Waals surface area contributed by atoms with Crippen LogP contribution in [0, 0.1) is 5.82 Å². The summed E-state index contributed by atoms with van der Waals surface area (Å²) in [4.78, 5) is 24.4. The molecule has 0 spiro atoms. The Labute approximate surface area is 210 Å². The van der Waals surface area contributed by atoms with Gasteiger partial charge in [0.05, 0.1) is 29.3 Å². The number of nitrogens with one attached hydrogen (secondary N) is 2. The van der Waals surface area contributed by atoms with E-state index in [1.165, 1.54) is 28.8 Å². The lowest BCUT2D eigenvalue weighted by molar-refractivity contribution is 0.477. The van der Waals surface area contributed by atoms with Crippen LogP contribution in [-0.2, 0) is 21.1 Å². The molecule has 0 amide bonds. The Kier molecular flexibility index (Phi) is 5.90. The summed E-state index contributed by atoms with van der Waals surface area (Å²) >= 11 is 0. The molecule has 37 heavy (non-hydrogen) atoms. The molecule has 0 fully saturated rings. The van der Waals surface area contributed by atoms with Crippen LogP contribution in [0.4, 0.5) is 15.8 Å². The maximum Gasteiger partial charge on any atom is 0.346 e. The number of sulfonamides is 1. The number of pyridine rings is 1. The highest BCUT2D eigenvalue weighted by Gasteiger charge is 2.33. The SMILES string of the molecule is CS(=O)(=O)Nc1ccc2c(c1)P(=O)(O)N=C(c1c(O)c3cc(F)ccc3n(Cc3ccccc3)c1=O)N2. The smallest absolute Gasteiger partial charge is 0.346 e. The molecule has 10 nitrogen and oxygen atoms in total. The van der Waals surface area contributed by atoms with Crippen molar-refractivity contribution in [2.45, 2.75) is 6.54 Å². The van der Waals surface area contributed by atoms with Crippen LogP contribution in [0.2, 0.25) is 0 Å². The lowest BCUT2D eigenvalue weighted by atomic mass is 10.1. The number of anilines is 2. The van der Waals surface area contributed by atoms with Crippen molar-refractivity contribution < 1.29 is 27.4 Å². The Balaban J connectivity index is 1.70. The Hall–Kier alpha value is -3.99. The van der Waals surface area contributed by atoms with Crippen LogP contribution < -0.4 is 20.9 Å². The van der Waals surface area contributed by atoms with Crippen molar-refractivity contribution in [3.8, 4) is 5.75 Å². The van der Waals surface area contributed by atoms with Crippen molar-refractivity contribution in [3.05, 3.63) is 94.0 Å². The molecule has 4 aromatic rings. The normalized spacial score (nSPS) is 17.1. The highest BCUT2D eigenvalue weighted by atomic mass is 32.2. The summed E-state index contributed by atoms with van der Waals surface area (Å²) in [7, 11) is -8.17. The van der Waals surface area contributed by atoms with Gasteiger partial charge in [0.2, 0.25) is 10.0 Å². The molecule has 2 heterocycles. The van der Waals surface area contributed by atoms with Gasteiger partial charge in [0.1, 0.15) is 17.1 Å². The maximum absolute atomic E-state index is 14.1. The number of aromatic hydroxyl groups is 1. The molecule has 0 saturated carbocycles. The molecule has 1 unspecified atom stereocenters. The second kappa shape index (κ2) is 8.84. The van der Waals surface area contributed by atoms with E-state index in [4.69, 9.17) is 0 Å². The minimum absolute atomic E-state index is 0.0151. The summed E-state index contributed by atoms with van der Waals surface area (Å²) in [6.07, 6.45) is 0.936. The van der Waals surface area contributed by atoms with E-state index in [0.717, 1.165) is 24.0 Å². The van der Waals surface area contributed by atoms with Gasteiger partial charge < -0.3 is 19.9 Å². The zero-order valence-corrected chi connectivity index (χ0v) is 20.9. The Morgan fingerprint density at radius 2 is 1.84 bits per heavy atom. The van der Waals surface area contributed by atoms with E-state index in [-0.39, 0.29) is 40.0 Å². The van der Waals surface area contributed by atoms with Crippen LogP contribution in [0.25, 0.3) is 10.9 Å². The van der Waals surface area contributed by atoms with Gasteiger partial charge in [-0.15, -0.1) is 0 Å². The number of aromatic nitrogens is 1. The standard InChI is InChI=1S/C24H20FN4O6PS/c1-37(34,35)28-16-8-9-18-20(12-16)36(32,33)27-23(26-18)21-22(30)17-11-15(25)7-10-19(17)29(24(21)31)13-14-5-3-2-4-6-14/h2-12,28,30H,13H2,1H3,(H2,26,27,32,33). The lowest BCUT2D eigenvalue weighted by Crippen LogP contribution is -2.33. The fourth-order valence-corrected chi connectivity index (χ4v) is 6.00. The van der Waals surface area contributed by atoms with Crippen molar-refractivity contribution in [2.75, 3.05) is 16.3 Å². The van der Waals surface area contributed by atoms with E-state index in [9.17, 15) is 32.2 Å². The number of rotatable bonds is 5. The van der Waals surface area contributed by atoms with Crippen molar-refractivity contribution in [2.24, 2.45) is 4.76 Å². The Morgan fingerprint density at radius 1 is 1.11 bits per heavy atom. The van der Waals surface area contributed by atoms with Crippen LogP contribution in [0.3, 0.4) is 0 Å². The molecular formula is C24H20FN4O6PS. The third-order valence-corrected chi connectivity index (χ3v) is 7.80. The summed E-state index contributed by atoms with van der Waals surface area (Å²) in [5.41, 5.74) is 0.0251. The van der Waals surface area contributed by atoms with Gasteiger partial charge in [-0.3, -0.25) is 14.1 Å². The van der Waals surface area contributed by atoms with Crippen molar-refractivity contribution in [1.82, 2.24) is 4.57 Å². The van der Waals surface area contributed by atoms with E-state index in [2.05, 4.69) is 14.8 Å². The fourth-order valence-electron chi connectivity index (χ4n) is 4.16. The van der Waals surface area contributed by atoms with Gasteiger partial charge in [0.15, 0.2) is 5.84 Å². The predicted molar refractivity (Wildman–Crippen MR) is 140 cm³/mol. The monoisotopic (exact) mass is 542 g/mol. The Bertz CT molecular complexity index is 1820. The molecular weight excluding hydrogens is 522 g/mol. The first kappa shape index (κ1) is 24.7. The van der Waals surface area contributed by atoms with Gasteiger partial charge in [-0.1, -0.05) is 30.3 Å². The van der Waals surface area contributed by atoms with Crippen molar-refractivity contribution >= 4 is 51.0 Å². The predicted octanol–water partition coefficient (Wildman–Crippen LogP) is 2.95. The molecule has 1 aromatic heterocycles. The second-order valence-corrected chi connectivity index (χ2v) is 12.0. The van der Waals surface area contributed by atoms with Gasteiger partial charge in [-0.05, 0) is 42.0 Å². The maximum atomic E-state index is 14.1. The van der Waals surface area contributed by atoms with Crippen molar-refractivity contribution in [3.63, 3.8) is 0 Å². The number of halogens is 1. The minimum atomic E-state index is -4.52. The molecule has 1 aliphatic rings. The van der Waals surface area contributed by atoms with E-state index in [1.54, 1.807) is 24.3 Å². The van der Waals surface area contributed by atoms with Crippen LogP contribution in [0.15, 0.2) is 76.3 Å². The molecule has 1 aliphatic heterocycles. The highest BCUT2D eigenvalue weighted by Crippen LogP contribution is 2.47. The quantitative estimate of drug-likeness (QED) is 0.283. The molecule has 3 aromatic carbocycles. The van der Waals surface area contributed by atoms with Crippen LogP contribution >= 0.6 is 7.52 Å². The topological polar surface area (TPSA) is 150 Å². The van der Waals surface area contributed by atoms with Gasteiger partial charge in [-0.2, -0.15) is 4.76 Å². The van der Waals surface area contributed by atoms with E-state index >= 15 is 0 Å². The van der Waals surface area contributed by atoms with Crippen LogP contribution in [0.1, 0.15) is 11.1 Å². The van der Waals surface area contributed by atoms with E-state index in [1.807, 2.05) is 6.07 Å². The molecule has 0 bridgehead atoms. The number of amidine groups is 1. The molecule has 0 aliphatic carbocycles. The molecule has 1 atom stereocenters. The zero-order chi connectivity index (χ0) is 26.5. The fraction of sp³-hybridized carbons (Fsp3) is 0.0833. The average Bonchev–Trinajstić information content (AvgIpc) is 2.82. The number of hydrogen-bond donors (Lipinski definition) is 4. The Morgan fingerprint density at radius 3 is 2.54 bits per heavy atom. The van der Waals surface area contributed by atoms with Gasteiger partial charge in [-0.25, -0.2) is 12.8 Å². The zero-order valence-electron chi connectivity index (χ0n) is 19.2. The largest absolute Gasteiger partial charge is 0.506 e.